The van der Waals surface area contributed by atoms with E-state index in [1.165, 1.54) is 17.7 Å². The lowest BCUT2D eigenvalue weighted by molar-refractivity contribution is -0.901. The number of ether oxygens (including phenoxy) is 1. The number of carbonyl (C=O) groups is 1. The maximum Gasteiger partial charge on any atom is 0.232 e. The van der Waals surface area contributed by atoms with E-state index in [2.05, 4.69) is 4.98 Å². The van der Waals surface area contributed by atoms with E-state index in [1.807, 2.05) is 12.1 Å². The topological polar surface area (TPSA) is 66.7 Å². The van der Waals surface area contributed by atoms with Crippen LogP contribution in [0.3, 0.4) is 0 Å². The standard InChI is InChI=1S/C20H20N2O3/c1-13-10-16(23)15(12-22-8-2-3-9-22)20-18(13)19(24)17(25-20)11-14-4-6-21-7-5-14/h4-7,10-11,23H,2-3,8-9,12H2,1H3. The van der Waals surface area contributed by atoms with Crippen LogP contribution in [0, 0.1) is 6.92 Å². The van der Waals surface area contributed by atoms with Gasteiger partial charge < -0.3 is 14.7 Å². The summed E-state index contributed by atoms with van der Waals surface area (Å²) < 4.78 is 5.90. The second-order valence-corrected chi connectivity index (χ2v) is 6.73. The fraction of sp³-hybridized carbons (Fsp3) is 0.300. The summed E-state index contributed by atoms with van der Waals surface area (Å²) >= 11 is 0. The molecule has 5 nitrogen and oxygen atoms in total. The zero-order chi connectivity index (χ0) is 17.4. The van der Waals surface area contributed by atoms with Gasteiger partial charge in [0.2, 0.25) is 5.78 Å². The van der Waals surface area contributed by atoms with Crippen molar-refractivity contribution in [2.75, 3.05) is 13.1 Å². The number of allylic oxidation sites excluding steroid dienone is 1. The quantitative estimate of drug-likeness (QED) is 0.857. The Labute approximate surface area is 146 Å². The van der Waals surface area contributed by atoms with Crippen molar-refractivity contribution < 1.29 is 19.5 Å². The van der Waals surface area contributed by atoms with Gasteiger partial charge in [0, 0.05) is 30.8 Å². The molecule has 0 aliphatic carbocycles. The molecule has 1 aromatic carbocycles. The Morgan fingerprint density at radius 3 is 2.72 bits per heavy atom. The molecule has 0 bridgehead atoms. The number of ketones is 1. The Hall–Kier alpha value is -2.66. The van der Waals surface area contributed by atoms with E-state index >= 15 is 0 Å². The predicted octanol–water partition coefficient (Wildman–Crippen LogP) is 1.26. The molecular weight excluding hydrogens is 316 g/mol. The molecule has 1 saturated heterocycles. The molecule has 5 heteroatoms. The number of aromatic nitrogens is 1. The maximum atomic E-state index is 12.8. The van der Waals surface area contributed by atoms with E-state index < -0.39 is 0 Å². The number of pyridine rings is 1. The number of fused-ring (bicyclic) bond motifs is 1. The minimum Gasteiger partial charge on any atom is -0.872 e. The van der Waals surface area contributed by atoms with Crippen LogP contribution in [-0.2, 0) is 6.54 Å². The van der Waals surface area contributed by atoms with Crippen molar-refractivity contribution in [3.05, 3.63) is 58.6 Å². The highest BCUT2D eigenvalue weighted by molar-refractivity contribution is 6.15. The van der Waals surface area contributed by atoms with E-state index in [-0.39, 0.29) is 17.3 Å². The molecule has 1 fully saturated rings. The summed E-state index contributed by atoms with van der Waals surface area (Å²) in [7, 11) is 0. The highest BCUT2D eigenvalue weighted by Crippen LogP contribution is 2.40. The third-order valence-corrected chi connectivity index (χ3v) is 4.94. The van der Waals surface area contributed by atoms with E-state index in [4.69, 9.17) is 4.74 Å². The second-order valence-electron chi connectivity index (χ2n) is 6.73. The van der Waals surface area contributed by atoms with Crippen molar-refractivity contribution in [3.63, 3.8) is 0 Å². The highest BCUT2D eigenvalue weighted by Gasteiger charge is 2.33. The second kappa shape index (κ2) is 6.33. The first kappa shape index (κ1) is 15.8. The number of likely N-dealkylation sites (tertiary alicyclic amines) is 1. The number of quaternary nitrogens is 1. The van der Waals surface area contributed by atoms with Gasteiger partial charge in [-0.25, -0.2) is 0 Å². The van der Waals surface area contributed by atoms with Gasteiger partial charge in [0.25, 0.3) is 0 Å². The number of Topliss-reactive ketones (excluding diaryl/α,β-unsaturated/α-hetero) is 1. The average Bonchev–Trinajstić information content (AvgIpc) is 3.21. The largest absolute Gasteiger partial charge is 0.872 e. The van der Waals surface area contributed by atoms with Crippen molar-refractivity contribution in [2.45, 2.75) is 26.3 Å². The van der Waals surface area contributed by atoms with Gasteiger partial charge >= 0.3 is 0 Å². The number of hydrogen-bond acceptors (Lipinski definition) is 4. The number of hydrogen-bond donors (Lipinski definition) is 1. The third kappa shape index (κ3) is 2.91. The van der Waals surface area contributed by atoms with Crippen LogP contribution in [0.15, 0.2) is 36.4 Å². The summed E-state index contributed by atoms with van der Waals surface area (Å²) in [6.07, 6.45) is 7.42. The lowest BCUT2D eigenvalue weighted by Gasteiger charge is -2.20. The number of carbonyl (C=O) groups excluding carboxylic acids is 1. The smallest absolute Gasteiger partial charge is 0.232 e. The van der Waals surface area contributed by atoms with Crippen LogP contribution < -0.4 is 14.7 Å². The van der Waals surface area contributed by atoms with Crippen molar-refractivity contribution in [1.82, 2.24) is 4.98 Å². The summed E-state index contributed by atoms with van der Waals surface area (Å²) in [5.41, 5.74) is 2.69. The minimum atomic E-state index is -0.151. The molecule has 128 valence electrons. The van der Waals surface area contributed by atoms with Gasteiger partial charge in [-0.1, -0.05) is 11.8 Å². The van der Waals surface area contributed by atoms with Gasteiger partial charge in [0.05, 0.1) is 18.7 Å². The SMILES string of the molecule is Cc1cc([O-])c(C[NH+]2CCCC2)c2c1C(=O)C(=Cc1ccncc1)O2. The Balaban J connectivity index is 1.73. The lowest BCUT2D eigenvalue weighted by atomic mass is 9.99. The molecule has 0 amide bonds. The number of nitrogens with one attached hydrogen (secondary N) is 1. The Bertz CT molecular complexity index is 853. The van der Waals surface area contributed by atoms with Crippen molar-refractivity contribution in [2.24, 2.45) is 0 Å². The molecule has 0 atom stereocenters. The fourth-order valence-electron chi connectivity index (χ4n) is 3.65. The summed E-state index contributed by atoms with van der Waals surface area (Å²) in [5, 5.41) is 12.5. The molecule has 4 rings (SSSR count). The first-order valence-electron chi connectivity index (χ1n) is 8.65. The maximum absolute atomic E-state index is 12.8. The molecular formula is C20H20N2O3. The molecule has 0 unspecified atom stereocenters. The number of benzene rings is 1. The molecule has 1 N–H and O–H groups in total. The molecule has 2 aliphatic rings. The van der Waals surface area contributed by atoms with Crippen LogP contribution in [0.25, 0.3) is 6.08 Å². The van der Waals surface area contributed by atoms with Crippen LogP contribution in [0.4, 0.5) is 0 Å². The fourth-order valence-corrected chi connectivity index (χ4v) is 3.65. The zero-order valence-electron chi connectivity index (χ0n) is 14.2. The summed E-state index contributed by atoms with van der Waals surface area (Å²) in [5.74, 6) is 0.554. The molecule has 1 aromatic heterocycles. The Morgan fingerprint density at radius 2 is 2.00 bits per heavy atom. The zero-order valence-corrected chi connectivity index (χ0v) is 14.2. The van der Waals surface area contributed by atoms with Crippen LogP contribution in [-0.4, -0.2) is 23.9 Å². The first-order chi connectivity index (χ1) is 12.1. The van der Waals surface area contributed by atoms with E-state index in [1.54, 1.807) is 31.5 Å². The Morgan fingerprint density at radius 1 is 1.28 bits per heavy atom. The average molecular weight is 336 g/mol. The van der Waals surface area contributed by atoms with Crippen LogP contribution >= 0.6 is 0 Å². The van der Waals surface area contributed by atoms with E-state index in [0.717, 1.165) is 18.7 Å². The monoisotopic (exact) mass is 336 g/mol. The molecule has 3 heterocycles. The van der Waals surface area contributed by atoms with Gasteiger partial charge in [-0.3, -0.25) is 9.78 Å². The molecule has 2 aromatic rings. The number of rotatable bonds is 3. The summed E-state index contributed by atoms with van der Waals surface area (Å²) in [4.78, 5) is 18.2. The van der Waals surface area contributed by atoms with Crippen LogP contribution in [0.5, 0.6) is 11.5 Å². The Kier molecular flexibility index (Phi) is 4.01. The van der Waals surface area contributed by atoms with E-state index in [9.17, 15) is 9.90 Å². The number of nitrogens with zero attached hydrogens (tertiary/aromatic N) is 1. The molecule has 0 spiro atoms. The minimum absolute atomic E-state index is 0.0337. The summed E-state index contributed by atoms with van der Waals surface area (Å²) in [6.45, 7) is 4.55. The highest BCUT2D eigenvalue weighted by atomic mass is 16.5. The van der Waals surface area contributed by atoms with Gasteiger partial charge in [-0.2, -0.15) is 0 Å². The van der Waals surface area contributed by atoms with Gasteiger partial charge in [0.15, 0.2) is 5.76 Å². The molecule has 0 saturated carbocycles. The number of aryl methyl sites for hydroxylation is 1. The molecule has 25 heavy (non-hydrogen) atoms. The van der Waals surface area contributed by atoms with Gasteiger partial charge in [-0.05, 0) is 36.3 Å². The first-order valence-corrected chi connectivity index (χ1v) is 8.65. The summed E-state index contributed by atoms with van der Waals surface area (Å²) in [6, 6.07) is 5.20. The van der Waals surface area contributed by atoms with Crippen molar-refractivity contribution in [3.8, 4) is 11.5 Å². The lowest BCUT2D eigenvalue weighted by Crippen LogP contribution is -3.08. The third-order valence-electron chi connectivity index (χ3n) is 4.94. The van der Waals surface area contributed by atoms with Crippen LogP contribution in [0.1, 0.15) is 39.9 Å². The van der Waals surface area contributed by atoms with Gasteiger partial charge in [0.1, 0.15) is 12.3 Å². The molecule has 2 aliphatic heterocycles. The van der Waals surface area contributed by atoms with Crippen molar-refractivity contribution in [1.29, 1.82) is 0 Å². The normalized spacial score (nSPS) is 18.6. The van der Waals surface area contributed by atoms with Crippen molar-refractivity contribution >= 4 is 11.9 Å². The van der Waals surface area contributed by atoms with Crippen LogP contribution in [0.2, 0.25) is 0 Å². The van der Waals surface area contributed by atoms with Gasteiger partial charge in [-0.15, -0.1) is 0 Å². The van der Waals surface area contributed by atoms with E-state index in [0.29, 0.717) is 29.0 Å². The predicted molar refractivity (Wildman–Crippen MR) is 91.4 cm³/mol. The molecule has 0 radical (unpaired) electrons.